The van der Waals surface area contributed by atoms with Crippen molar-refractivity contribution in [2.75, 3.05) is 13.7 Å². The Balaban J connectivity index is 2.98. The molecule has 0 saturated carbocycles. The average molecular weight is 178 g/mol. The van der Waals surface area contributed by atoms with Gasteiger partial charge in [0.25, 0.3) is 0 Å². The summed E-state index contributed by atoms with van der Waals surface area (Å²) in [6.45, 7) is 3.87. The molecule has 70 valence electrons. The summed E-state index contributed by atoms with van der Waals surface area (Å²) in [6.07, 6.45) is 2.42. The molecular formula is C11H14O2. The van der Waals surface area contributed by atoms with Crippen molar-refractivity contribution >= 4 is 6.08 Å². The maximum absolute atomic E-state index is 8.75. The number of hydrogen-bond donors (Lipinski definition) is 1. The predicted molar refractivity (Wildman–Crippen MR) is 53.9 cm³/mol. The Hall–Kier alpha value is -1.28. The Labute approximate surface area is 78.5 Å². The van der Waals surface area contributed by atoms with Crippen molar-refractivity contribution in [2.45, 2.75) is 6.42 Å². The van der Waals surface area contributed by atoms with Gasteiger partial charge in [-0.2, -0.15) is 0 Å². The Morgan fingerprint density at radius 3 is 2.85 bits per heavy atom. The van der Waals surface area contributed by atoms with E-state index in [0.717, 1.165) is 16.9 Å². The summed E-state index contributed by atoms with van der Waals surface area (Å²) in [5, 5.41) is 8.75. The number of ether oxygens (including phenoxy) is 1. The van der Waals surface area contributed by atoms with Crippen LogP contribution >= 0.6 is 0 Å². The molecule has 1 aromatic carbocycles. The largest absolute Gasteiger partial charge is 0.496 e. The van der Waals surface area contributed by atoms with E-state index in [1.165, 1.54) is 0 Å². The van der Waals surface area contributed by atoms with Crippen LogP contribution in [0.4, 0.5) is 0 Å². The number of aliphatic hydroxyl groups excluding tert-OH is 1. The van der Waals surface area contributed by atoms with Gasteiger partial charge in [-0.1, -0.05) is 18.7 Å². The number of benzene rings is 1. The zero-order valence-corrected chi connectivity index (χ0v) is 7.79. The number of hydrogen-bond acceptors (Lipinski definition) is 2. The minimum Gasteiger partial charge on any atom is -0.496 e. The van der Waals surface area contributed by atoms with E-state index in [9.17, 15) is 0 Å². The zero-order chi connectivity index (χ0) is 9.68. The Bertz CT molecular complexity index is 292. The van der Waals surface area contributed by atoms with Gasteiger partial charge in [0.1, 0.15) is 5.75 Å². The summed E-state index contributed by atoms with van der Waals surface area (Å²) in [4.78, 5) is 0. The lowest BCUT2D eigenvalue weighted by Gasteiger charge is -2.06. The van der Waals surface area contributed by atoms with Crippen molar-refractivity contribution in [2.24, 2.45) is 0 Å². The highest BCUT2D eigenvalue weighted by Gasteiger charge is 2.00. The summed E-state index contributed by atoms with van der Waals surface area (Å²) in [6, 6.07) is 5.81. The first-order chi connectivity index (χ1) is 6.31. The maximum atomic E-state index is 8.75. The molecule has 0 bridgehead atoms. The van der Waals surface area contributed by atoms with E-state index < -0.39 is 0 Å². The normalized spacial score (nSPS) is 9.69. The van der Waals surface area contributed by atoms with Crippen LogP contribution in [0.25, 0.3) is 6.08 Å². The smallest absolute Gasteiger partial charge is 0.126 e. The summed E-state index contributed by atoms with van der Waals surface area (Å²) in [7, 11) is 1.63. The molecule has 0 saturated heterocycles. The molecule has 0 aliphatic rings. The summed E-state index contributed by atoms with van der Waals surface area (Å²) < 4.78 is 5.14. The maximum Gasteiger partial charge on any atom is 0.126 e. The molecule has 0 spiro atoms. The van der Waals surface area contributed by atoms with Crippen LogP contribution in [0, 0.1) is 0 Å². The molecule has 0 aliphatic heterocycles. The van der Waals surface area contributed by atoms with Crippen molar-refractivity contribution in [1.82, 2.24) is 0 Å². The van der Waals surface area contributed by atoms with Crippen LogP contribution in [0.15, 0.2) is 24.8 Å². The molecule has 1 aromatic rings. The van der Waals surface area contributed by atoms with Gasteiger partial charge in [0.2, 0.25) is 0 Å². The molecule has 0 atom stereocenters. The van der Waals surface area contributed by atoms with E-state index in [-0.39, 0.29) is 6.61 Å². The van der Waals surface area contributed by atoms with Crippen molar-refractivity contribution < 1.29 is 9.84 Å². The van der Waals surface area contributed by atoms with Crippen LogP contribution in [-0.4, -0.2) is 18.8 Å². The fourth-order valence-electron chi connectivity index (χ4n) is 1.23. The molecule has 0 aliphatic carbocycles. The van der Waals surface area contributed by atoms with Crippen LogP contribution in [0.2, 0.25) is 0 Å². The van der Waals surface area contributed by atoms with Gasteiger partial charge < -0.3 is 9.84 Å². The van der Waals surface area contributed by atoms with E-state index in [1.807, 2.05) is 18.2 Å². The van der Waals surface area contributed by atoms with Gasteiger partial charge in [-0.3, -0.25) is 0 Å². The molecule has 13 heavy (non-hydrogen) atoms. The highest BCUT2D eigenvalue weighted by atomic mass is 16.5. The van der Waals surface area contributed by atoms with Gasteiger partial charge in [0, 0.05) is 12.2 Å². The van der Waals surface area contributed by atoms with Gasteiger partial charge >= 0.3 is 0 Å². The molecule has 0 amide bonds. The lowest BCUT2D eigenvalue weighted by atomic mass is 10.1. The minimum absolute atomic E-state index is 0.170. The Morgan fingerprint density at radius 1 is 1.54 bits per heavy atom. The number of rotatable bonds is 4. The molecule has 0 heterocycles. The highest BCUT2D eigenvalue weighted by molar-refractivity contribution is 5.56. The standard InChI is InChI=1S/C11H14O2/c1-3-10-8-9(6-7-12)4-5-11(10)13-2/h3-5,8,12H,1,6-7H2,2H3. The molecule has 1 rings (SSSR count). The van der Waals surface area contributed by atoms with E-state index in [0.29, 0.717) is 6.42 Å². The third kappa shape index (κ3) is 2.33. The van der Waals surface area contributed by atoms with Crippen molar-refractivity contribution in [3.63, 3.8) is 0 Å². The molecule has 2 nitrogen and oxygen atoms in total. The van der Waals surface area contributed by atoms with E-state index in [1.54, 1.807) is 13.2 Å². The summed E-state index contributed by atoms with van der Waals surface area (Å²) >= 11 is 0. The molecule has 1 N–H and O–H groups in total. The lowest BCUT2D eigenvalue weighted by molar-refractivity contribution is 0.299. The highest BCUT2D eigenvalue weighted by Crippen LogP contribution is 2.20. The zero-order valence-electron chi connectivity index (χ0n) is 7.79. The first-order valence-corrected chi connectivity index (χ1v) is 4.22. The van der Waals surface area contributed by atoms with Crippen LogP contribution < -0.4 is 4.74 Å². The van der Waals surface area contributed by atoms with Crippen molar-refractivity contribution in [3.8, 4) is 5.75 Å². The molecule has 0 radical (unpaired) electrons. The Morgan fingerprint density at radius 2 is 2.31 bits per heavy atom. The molecule has 0 aromatic heterocycles. The van der Waals surface area contributed by atoms with Crippen LogP contribution in [0.3, 0.4) is 0 Å². The monoisotopic (exact) mass is 178 g/mol. The average Bonchev–Trinajstić information content (AvgIpc) is 2.18. The van der Waals surface area contributed by atoms with E-state index in [4.69, 9.17) is 9.84 Å². The molecular weight excluding hydrogens is 164 g/mol. The fourth-order valence-corrected chi connectivity index (χ4v) is 1.23. The second-order valence-electron chi connectivity index (χ2n) is 2.75. The summed E-state index contributed by atoms with van der Waals surface area (Å²) in [5.74, 6) is 0.816. The van der Waals surface area contributed by atoms with Crippen LogP contribution in [0.1, 0.15) is 11.1 Å². The third-order valence-electron chi connectivity index (χ3n) is 1.91. The quantitative estimate of drug-likeness (QED) is 0.762. The summed E-state index contributed by atoms with van der Waals surface area (Å²) in [5.41, 5.74) is 2.06. The number of methoxy groups -OCH3 is 1. The molecule has 0 unspecified atom stereocenters. The third-order valence-corrected chi connectivity index (χ3v) is 1.91. The van der Waals surface area contributed by atoms with Gasteiger partial charge in [-0.15, -0.1) is 0 Å². The predicted octanol–water partition coefficient (Wildman–Crippen LogP) is 1.87. The van der Waals surface area contributed by atoms with Crippen LogP contribution in [0.5, 0.6) is 5.75 Å². The van der Waals surface area contributed by atoms with Crippen LogP contribution in [-0.2, 0) is 6.42 Å². The van der Waals surface area contributed by atoms with E-state index in [2.05, 4.69) is 6.58 Å². The fraction of sp³-hybridized carbons (Fsp3) is 0.273. The first kappa shape index (κ1) is 9.81. The Kier molecular flexibility index (Phi) is 3.53. The SMILES string of the molecule is C=Cc1cc(CCO)ccc1OC. The number of aliphatic hydroxyl groups is 1. The molecule has 0 fully saturated rings. The van der Waals surface area contributed by atoms with Gasteiger partial charge in [0.05, 0.1) is 7.11 Å². The topological polar surface area (TPSA) is 29.5 Å². The minimum atomic E-state index is 0.170. The van der Waals surface area contributed by atoms with Gasteiger partial charge in [-0.25, -0.2) is 0 Å². The van der Waals surface area contributed by atoms with E-state index >= 15 is 0 Å². The van der Waals surface area contributed by atoms with Crippen molar-refractivity contribution in [1.29, 1.82) is 0 Å². The second kappa shape index (κ2) is 4.67. The van der Waals surface area contributed by atoms with Crippen molar-refractivity contribution in [3.05, 3.63) is 35.9 Å². The van der Waals surface area contributed by atoms with Gasteiger partial charge in [0.15, 0.2) is 0 Å². The first-order valence-electron chi connectivity index (χ1n) is 4.22. The molecule has 2 heteroatoms. The lowest BCUT2D eigenvalue weighted by Crippen LogP contribution is -1.93. The van der Waals surface area contributed by atoms with Gasteiger partial charge in [-0.05, 0) is 24.1 Å². The second-order valence-corrected chi connectivity index (χ2v) is 2.75.